The minimum atomic E-state index is -0.190. The molecule has 5 heteroatoms. The van der Waals surface area contributed by atoms with Gasteiger partial charge in [0.25, 0.3) is 0 Å². The molecule has 0 unspecified atom stereocenters. The number of carbonyl (C=O) groups is 2. The van der Waals surface area contributed by atoms with Crippen LogP contribution in [0.4, 0.5) is 0 Å². The van der Waals surface area contributed by atoms with Crippen molar-refractivity contribution in [2.75, 3.05) is 0 Å². The van der Waals surface area contributed by atoms with Gasteiger partial charge >= 0.3 is 0 Å². The lowest BCUT2D eigenvalue weighted by atomic mass is 9.95. The van der Waals surface area contributed by atoms with Crippen LogP contribution in [0.25, 0.3) is 11.1 Å². The van der Waals surface area contributed by atoms with E-state index in [0.717, 1.165) is 29.5 Å². The van der Waals surface area contributed by atoms with Gasteiger partial charge in [-0.1, -0.05) is 73.9 Å². The molecule has 1 aliphatic carbocycles. The summed E-state index contributed by atoms with van der Waals surface area (Å²) in [5.41, 5.74) is 6.35. The normalized spacial score (nSPS) is 15.0. The summed E-state index contributed by atoms with van der Waals surface area (Å²) in [4.78, 5) is 24.3. The van der Waals surface area contributed by atoms with Gasteiger partial charge in [-0.2, -0.15) is 5.10 Å². The van der Waals surface area contributed by atoms with Gasteiger partial charge in [0.1, 0.15) is 0 Å². The van der Waals surface area contributed by atoms with Crippen molar-refractivity contribution >= 4 is 17.5 Å². The van der Waals surface area contributed by atoms with E-state index in [4.69, 9.17) is 0 Å². The lowest BCUT2D eigenvalue weighted by Gasteiger charge is -2.22. The maximum Gasteiger partial charge on any atom is 0.244 e. The van der Waals surface area contributed by atoms with E-state index in [0.29, 0.717) is 5.71 Å². The van der Waals surface area contributed by atoms with Gasteiger partial charge in [-0.3, -0.25) is 9.59 Å². The molecule has 2 amide bonds. The second-order valence-electron chi connectivity index (χ2n) is 7.70. The second-order valence-corrected chi connectivity index (χ2v) is 7.70. The van der Waals surface area contributed by atoms with Gasteiger partial charge in [-0.15, -0.1) is 0 Å². The Morgan fingerprint density at radius 3 is 2.24 bits per heavy atom. The third-order valence-electron chi connectivity index (χ3n) is 5.18. The van der Waals surface area contributed by atoms with E-state index < -0.39 is 0 Å². The smallest absolute Gasteiger partial charge is 0.244 e. The van der Waals surface area contributed by atoms with Crippen LogP contribution in [0.3, 0.4) is 0 Å². The van der Waals surface area contributed by atoms with Crippen molar-refractivity contribution in [3.05, 3.63) is 60.2 Å². The van der Waals surface area contributed by atoms with Crippen molar-refractivity contribution in [1.82, 2.24) is 10.7 Å². The van der Waals surface area contributed by atoms with E-state index >= 15 is 0 Å². The molecule has 0 aromatic heterocycles. The Bertz CT molecular complexity index is 838. The molecule has 0 atom stereocenters. The van der Waals surface area contributed by atoms with Crippen LogP contribution < -0.4 is 10.7 Å². The van der Waals surface area contributed by atoms with Crippen LogP contribution in [0.2, 0.25) is 0 Å². The van der Waals surface area contributed by atoms with Gasteiger partial charge in [-0.05, 0) is 36.5 Å². The van der Waals surface area contributed by atoms with Crippen molar-refractivity contribution in [1.29, 1.82) is 0 Å². The molecule has 1 fully saturated rings. The molecule has 3 rings (SSSR count). The van der Waals surface area contributed by atoms with Crippen LogP contribution >= 0.6 is 0 Å². The number of hydrogen-bond acceptors (Lipinski definition) is 3. The van der Waals surface area contributed by atoms with Crippen molar-refractivity contribution in [3.63, 3.8) is 0 Å². The fourth-order valence-corrected chi connectivity index (χ4v) is 3.63. The molecule has 29 heavy (non-hydrogen) atoms. The Morgan fingerprint density at radius 1 is 0.897 bits per heavy atom. The predicted molar refractivity (Wildman–Crippen MR) is 116 cm³/mol. The van der Waals surface area contributed by atoms with Crippen LogP contribution in [0.5, 0.6) is 0 Å². The standard InChI is InChI=1S/C24H29N3O2/c1-18(16-23(28)25-22-10-6-3-7-11-22)26-27-24(29)17-19-12-14-21(15-13-19)20-8-4-2-5-9-20/h2,4-5,8-9,12-15,22H,3,6-7,10-11,16-17H2,1H3,(H,25,28)(H,27,29)/b26-18-. The van der Waals surface area contributed by atoms with Crippen molar-refractivity contribution in [2.24, 2.45) is 5.10 Å². The molecule has 0 saturated heterocycles. The number of hydrazone groups is 1. The van der Waals surface area contributed by atoms with Crippen molar-refractivity contribution in [3.8, 4) is 11.1 Å². The Labute approximate surface area is 172 Å². The molecule has 0 aliphatic heterocycles. The van der Waals surface area contributed by atoms with Gasteiger partial charge in [0, 0.05) is 11.8 Å². The average Bonchev–Trinajstić information content (AvgIpc) is 2.74. The van der Waals surface area contributed by atoms with E-state index in [1.54, 1.807) is 6.92 Å². The van der Waals surface area contributed by atoms with Crippen LogP contribution in [0, 0.1) is 0 Å². The third-order valence-corrected chi connectivity index (χ3v) is 5.18. The SMILES string of the molecule is C/C(CC(=O)NC1CCCCC1)=N/NC(=O)Cc1ccc(-c2ccccc2)cc1. The number of nitrogens with one attached hydrogen (secondary N) is 2. The first-order chi connectivity index (χ1) is 14.1. The summed E-state index contributed by atoms with van der Waals surface area (Å²) >= 11 is 0. The zero-order chi connectivity index (χ0) is 20.5. The molecule has 152 valence electrons. The van der Waals surface area contributed by atoms with Crippen LogP contribution in [0.15, 0.2) is 59.7 Å². The van der Waals surface area contributed by atoms with Gasteiger partial charge < -0.3 is 5.32 Å². The summed E-state index contributed by atoms with van der Waals surface area (Å²) in [7, 11) is 0. The van der Waals surface area contributed by atoms with E-state index in [2.05, 4.69) is 28.0 Å². The van der Waals surface area contributed by atoms with E-state index in [-0.39, 0.29) is 30.7 Å². The summed E-state index contributed by atoms with van der Waals surface area (Å²) in [6, 6.07) is 18.4. The number of carbonyl (C=O) groups excluding carboxylic acids is 2. The molecule has 2 aromatic rings. The molecule has 0 radical (unpaired) electrons. The minimum Gasteiger partial charge on any atom is -0.353 e. The molecule has 2 aromatic carbocycles. The van der Waals surface area contributed by atoms with Gasteiger partial charge in [0.15, 0.2) is 0 Å². The molecule has 1 aliphatic rings. The zero-order valence-corrected chi connectivity index (χ0v) is 17.0. The van der Waals surface area contributed by atoms with Gasteiger partial charge in [0.2, 0.25) is 11.8 Å². The van der Waals surface area contributed by atoms with Gasteiger partial charge in [-0.25, -0.2) is 5.43 Å². The largest absolute Gasteiger partial charge is 0.353 e. The molecule has 1 saturated carbocycles. The maximum atomic E-state index is 12.2. The fraction of sp³-hybridized carbons (Fsp3) is 0.375. The summed E-state index contributed by atoms with van der Waals surface area (Å²) in [6.45, 7) is 1.76. The molecule has 2 N–H and O–H groups in total. The Balaban J connectivity index is 1.44. The van der Waals surface area contributed by atoms with Crippen molar-refractivity contribution < 1.29 is 9.59 Å². The van der Waals surface area contributed by atoms with Crippen molar-refractivity contribution in [2.45, 2.75) is 57.9 Å². The first kappa shape index (κ1) is 20.8. The number of rotatable bonds is 7. The Morgan fingerprint density at radius 2 is 1.55 bits per heavy atom. The summed E-state index contributed by atoms with van der Waals surface area (Å²) in [6.07, 6.45) is 6.20. The molecule has 0 heterocycles. The summed E-state index contributed by atoms with van der Waals surface area (Å²) in [5.74, 6) is -0.214. The third kappa shape index (κ3) is 6.86. The zero-order valence-electron chi connectivity index (χ0n) is 17.0. The maximum absolute atomic E-state index is 12.2. The second kappa shape index (κ2) is 10.6. The summed E-state index contributed by atoms with van der Waals surface area (Å²) < 4.78 is 0. The topological polar surface area (TPSA) is 70.6 Å². The number of amides is 2. The Kier molecular flexibility index (Phi) is 7.56. The average molecular weight is 392 g/mol. The first-order valence-electron chi connectivity index (χ1n) is 10.4. The lowest BCUT2D eigenvalue weighted by Crippen LogP contribution is -2.37. The minimum absolute atomic E-state index is 0.0242. The Hall–Kier alpha value is -2.95. The monoisotopic (exact) mass is 391 g/mol. The molecular weight excluding hydrogens is 362 g/mol. The number of benzene rings is 2. The summed E-state index contributed by atoms with van der Waals surface area (Å²) in [5, 5.41) is 7.14. The highest BCUT2D eigenvalue weighted by molar-refractivity contribution is 6.00. The fourth-order valence-electron chi connectivity index (χ4n) is 3.63. The molecule has 0 spiro atoms. The molecule has 5 nitrogen and oxygen atoms in total. The predicted octanol–water partition coefficient (Wildman–Crippen LogP) is 4.23. The molecule has 0 bridgehead atoms. The highest BCUT2D eigenvalue weighted by Gasteiger charge is 2.16. The van der Waals surface area contributed by atoms with E-state index in [1.165, 1.54) is 19.3 Å². The first-order valence-corrected chi connectivity index (χ1v) is 10.4. The lowest BCUT2D eigenvalue weighted by molar-refractivity contribution is -0.121. The van der Waals surface area contributed by atoms with Crippen LogP contribution in [0.1, 0.15) is 51.0 Å². The number of nitrogens with zero attached hydrogens (tertiary/aromatic N) is 1. The van der Waals surface area contributed by atoms with Crippen LogP contribution in [-0.2, 0) is 16.0 Å². The van der Waals surface area contributed by atoms with E-state index in [1.807, 2.05) is 42.5 Å². The highest BCUT2D eigenvalue weighted by Crippen LogP contribution is 2.19. The quantitative estimate of drug-likeness (QED) is 0.548. The molecular formula is C24H29N3O2. The van der Waals surface area contributed by atoms with Crippen LogP contribution in [-0.4, -0.2) is 23.6 Å². The number of hydrogen-bond donors (Lipinski definition) is 2. The van der Waals surface area contributed by atoms with Gasteiger partial charge in [0.05, 0.1) is 12.8 Å². The highest BCUT2D eigenvalue weighted by atomic mass is 16.2. The van der Waals surface area contributed by atoms with E-state index in [9.17, 15) is 9.59 Å².